The maximum Gasteiger partial charge on any atom is 0.323 e. The number of nitrogens with one attached hydrogen (secondary N) is 1. The van der Waals surface area contributed by atoms with Crippen LogP contribution in [-0.2, 0) is 11.2 Å². The second kappa shape index (κ2) is 10.4. The molecule has 0 bridgehead atoms. The fraction of sp³-hybridized carbons (Fsp3) is 0.222. The van der Waals surface area contributed by atoms with Crippen molar-refractivity contribution in [3.05, 3.63) is 76.8 Å². The van der Waals surface area contributed by atoms with Crippen molar-refractivity contribution in [2.45, 2.75) is 31.3 Å². The molecule has 0 radical (unpaired) electrons. The summed E-state index contributed by atoms with van der Waals surface area (Å²) in [6.07, 6.45) is 2.74. The van der Waals surface area contributed by atoms with Crippen molar-refractivity contribution in [2.75, 3.05) is 11.9 Å². The van der Waals surface area contributed by atoms with Crippen LogP contribution in [0.25, 0.3) is 21.3 Å². The van der Waals surface area contributed by atoms with Crippen LogP contribution >= 0.6 is 22.9 Å². The average molecular weight is 536 g/mol. The summed E-state index contributed by atoms with van der Waals surface area (Å²) < 4.78 is 2.01. The van der Waals surface area contributed by atoms with Gasteiger partial charge in [-0.25, -0.2) is 9.59 Å². The van der Waals surface area contributed by atoms with Gasteiger partial charge in [0.05, 0.1) is 21.6 Å². The predicted octanol–water partition coefficient (Wildman–Crippen LogP) is 5.09. The topological polar surface area (TPSA) is 123 Å². The summed E-state index contributed by atoms with van der Waals surface area (Å²) in [7, 11) is 0. The number of hydrogen-bond donors (Lipinski definition) is 3. The Morgan fingerprint density at radius 3 is 2.65 bits per heavy atom. The van der Waals surface area contributed by atoms with Gasteiger partial charge in [-0.2, -0.15) is 0 Å². The molecule has 1 aliphatic heterocycles. The molecule has 1 aliphatic rings. The molecule has 0 aliphatic carbocycles. The number of benzene rings is 2. The highest BCUT2D eigenvalue weighted by Gasteiger charge is 2.38. The van der Waals surface area contributed by atoms with E-state index in [0.717, 1.165) is 20.3 Å². The van der Waals surface area contributed by atoms with Crippen LogP contribution in [0.2, 0.25) is 4.34 Å². The Morgan fingerprint density at radius 1 is 1.08 bits per heavy atom. The highest BCUT2D eigenvalue weighted by Crippen LogP contribution is 2.32. The van der Waals surface area contributed by atoms with Gasteiger partial charge in [-0.1, -0.05) is 54.1 Å². The molecule has 3 amide bonds. The predicted molar refractivity (Wildman–Crippen MR) is 147 cm³/mol. The van der Waals surface area contributed by atoms with Crippen LogP contribution in [0.5, 0.6) is 0 Å². The minimum atomic E-state index is -0.654. The van der Waals surface area contributed by atoms with Crippen LogP contribution in [0.4, 0.5) is 15.3 Å². The summed E-state index contributed by atoms with van der Waals surface area (Å²) in [6, 6.07) is 17.0. The Bertz CT molecular complexity index is 1500. The van der Waals surface area contributed by atoms with E-state index in [0.29, 0.717) is 29.4 Å². The molecule has 8 nitrogen and oxygen atoms in total. The maximum atomic E-state index is 13.2. The number of halogens is 1. The number of anilines is 1. The molecule has 0 unspecified atom stereocenters. The number of aromatic nitrogens is 1. The van der Waals surface area contributed by atoms with Crippen LogP contribution in [0, 0.1) is 0 Å². The lowest BCUT2D eigenvalue weighted by molar-refractivity contribution is -0.122. The van der Waals surface area contributed by atoms with E-state index in [9.17, 15) is 14.4 Å². The van der Waals surface area contributed by atoms with Gasteiger partial charge in [0.2, 0.25) is 0 Å². The van der Waals surface area contributed by atoms with Crippen molar-refractivity contribution in [2.24, 2.45) is 11.5 Å². The minimum absolute atomic E-state index is 0.0350. The van der Waals surface area contributed by atoms with Gasteiger partial charge in [-0.3, -0.25) is 9.36 Å². The summed E-state index contributed by atoms with van der Waals surface area (Å²) in [5.41, 5.74) is 14.8. The number of Topliss-reactive ketones (excluding diaryl/α,β-unsaturated/α-hetero) is 1. The number of carbonyl (C=O) groups is 3. The standard InChI is InChI=1S/C27H26ClN5O3S/c28-25-11-10-24(37-25)17-5-3-4-16(12-17)8-9-23(34)22-13-18(29)14-33(22)27(36)31-20-15-32(26(30)35)21-7-2-1-6-19(20)21/h1-7,10-12,15,18,22H,8-9,13-14,29H2,(H2,30,35)(H,31,36)/t18-,22-/m0/s1. The van der Waals surface area contributed by atoms with Gasteiger partial charge in [-0.05, 0) is 42.2 Å². The van der Waals surface area contributed by atoms with Crippen molar-refractivity contribution < 1.29 is 14.4 Å². The first-order chi connectivity index (χ1) is 17.8. The molecular formula is C27H26ClN5O3S. The lowest BCUT2D eigenvalue weighted by Crippen LogP contribution is -2.43. The zero-order valence-corrected chi connectivity index (χ0v) is 21.5. The van der Waals surface area contributed by atoms with Crippen molar-refractivity contribution in [1.82, 2.24) is 9.47 Å². The Labute approximate surface area is 222 Å². The zero-order chi connectivity index (χ0) is 26.1. The number of rotatable bonds is 6. The second-order valence-corrected chi connectivity index (χ2v) is 10.8. The number of urea groups is 1. The lowest BCUT2D eigenvalue weighted by atomic mass is 10.00. The molecule has 190 valence electrons. The van der Waals surface area contributed by atoms with Gasteiger partial charge in [-0.15, -0.1) is 11.3 Å². The van der Waals surface area contributed by atoms with Gasteiger partial charge in [0.25, 0.3) is 0 Å². The zero-order valence-electron chi connectivity index (χ0n) is 19.9. The number of nitrogens with two attached hydrogens (primary N) is 2. The molecule has 1 saturated heterocycles. The average Bonchev–Trinajstić information content (AvgIpc) is 3.60. The molecule has 2 aromatic carbocycles. The third-order valence-corrected chi connectivity index (χ3v) is 7.88. The number of aryl methyl sites for hydroxylation is 1. The van der Waals surface area contributed by atoms with E-state index in [1.165, 1.54) is 27.0 Å². The molecule has 5 rings (SSSR count). The van der Waals surface area contributed by atoms with E-state index in [-0.39, 0.29) is 24.8 Å². The van der Waals surface area contributed by atoms with E-state index >= 15 is 0 Å². The van der Waals surface area contributed by atoms with Gasteiger partial charge >= 0.3 is 12.1 Å². The normalized spacial score (nSPS) is 17.3. The number of fused-ring (bicyclic) bond motifs is 1. The van der Waals surface area contributed by atoms with Gasteiger partial charge in [0, 0.05) is 35.5 Å². The number of likely N-dealkylation sites (tertiary alicyclic amines) is 1. The molecule has 2 atom stereocenters. The summed E-state index contributed by atoms with van der Waals surface area (Å²) in [4.78, 5) is 40.9. The Hall–Kier alpha value is -3.66. The van der Waals surface area contributed by atoms with Crippen LogP contribution in [0.1, 0.15) is 18.4 Å². The monoisotopic (exact) mass is 535 g/mol. The highest BCUT2D eigenvalue weighted by molar-refractivity contribution is 7.19. The second-order valence-electron chi connectivity index (χ2n) is 9.13. The summed E-state index contributed by atoms with van der Waals surface area (Å²) >= 11 is 7.58. The molecule has 4 aromatic rings. The summed E-state index contributed by atoms with van der Waals surface area (Å²) in [6.45, 7) is 0.269. The molecule has 37 heavy (non-hydrogen) atoms. The fourth-order valence-corrected chi connectivity index (χ4v) is 5.87. The fourth-order valence-electron chi connectivity index (χ4n) is 4.83. The number of carbonyl (C=O) groups excluding carboxylic acids is 3. The SMILES string of the molecule is NC(=O)n1cc(NC(=O)N2C[C@@H](N)C[C@H]2C(=O)CCc2cccc(-c3ccc(Cl)s3)c2)c2ccccc21. The van der Waals surface area contributed by atoms with E-state index in [4.69, 9.17) is 23.1 Å². The number of primary amides is 1. The van der Waals surface area contributed by atoms with Gasteiger partial charge in [0.15, 0.2) is 5.78 Å². The Kier molecular flexibility index (Phi) is 7.01. The van der Waals surface area contributed by atoms with Crippen molar-refractivity contribution in [3.63, 3.8) is 0 Å². The minimum Gasteiger partial charge on any atom is -0.351 e. The number of ketones is 1. The third kappa shape index (κ3) is 5.24. The molecular weight excluding hydrogens is 510 g/mol. The quantitative estimate of drug-likeness (QED) is 0.318. The van der Waals surface area contributed by atoms with Crippen molar-refractivity contribution in [1.29, 1.82) is 0 Å². The summed E-state index contributed by atoms with van der Waals surface area (Å²) in [5, 5.41) is 3.52. The van der Waals surface area contributed by atoms with E-state index < -0.39 is 18.1 Å². The number of thiophene rings is 1. The van der Waals surface area contributed by atoms with Crippen LogP contribution in [-0.4, -0.2) is 45.9 Å². The van der Waals surface area contributed by atoms with Crippen LogP contribution in [0.15, 0.2) is 66.9 Å². The molecule has 10 heteroatoms. The largest absolute Gasteiger partial charge is 0.351 e. The maximum absolute atomic E-state index is 13.2. The van der Waals surface area contributed by atoms with Gasteiger partial charge < -0.3 is 21.7 Å². The molecule has 5 N–H and O–H groups in total. The molecule has 0 saturated carbocycles. The van der Waals surface area contributed by atoms with Crippen LogP contribution < -0.4 is 16.8 Å². The van der Waals surface area contributed by atoms with Crippen molar-refractivity contribution >= 4 is 57.4 Å². The number of amides is 3. The summed E-state index contributed by atoms with van der Waals surface area (Å²) in [5.74, 6) is -0.0350. The molecule has 0 spiro atoms. The highest BCUT2D eigenvalue weighted by atomic mass is 35.5. The van der Waals surface area contributed by atoms with Gasteiger partial charge in [0.1, 0.15) is 0 Å². The first-order valence-corrected chi connectivity index (χ1v) is 13.1. The molecule has 1 fully saturated rings. The smallest absolute Gasteiger partial charge is 0.323 e. The van der Waals surface area contributed by atoms with E-state index in [1.807, 2.05) is 36.4 Å². The first kappa shape index (κ1) is 25.0. The third-order valence-electron chi connectivity index (χ3n) is 6.60. The number of nitrogens with zero attached hydrogens (tertiary/aromatic N) is 2. The Morgan fingerprint density at radius 2 is 1.89 bits per heavy atom. The first-order valence-electron chi connectivity index (χ1n) is 11.9. The van der Waals surface area contributed by atoms with Crippen molar-refractivity contribution in [3.8, 4) is 10.4 Å². The number of para-hydroxylation sites is 1. The van der Waals surface area contributed by atoms with Crippen LogP contribution in [0.3, 0.4) is 0 Å². The Balaban J connectivity index is 1.28. The van der Waals surface area contributed by atoms with E-state index in [2.05, 4.69) is 11.4 Å². The van der Waals surface area contributed by atoms with E-state index in [1.54, 1.807) is 18.2 Å². The number of hydrogen-bond acceptors (Lipinski definition) is 5. The lowest BCUT2D eigenvalue weighted by Gasteiger charge is -2.24. The molecule has 2 aromatic heterocycles. The molecule has 3 heterocycles.